The zero-order valence-electron chi connectivity index (χ0n) is 15.3. The van der Waals surface area contributed by atoms with Crippen molar-refractivity contribution in [2.24, 2.45) is 5.92 Å². The second kappa shape index (κ2) is 9.02. The van der Waals surface area contributed by atoms with Gasteiger partial charge in [0, 0.05) is 0 Å². The molecule has 0 saturated carbocycles. The molecule has 2 N–H and O–H groups in total. The zero-order valence-corrected chi connectivity index (χ0v) is 15.3. The Morgan fingerprint density at radius 3 is 2.50 bits per heavy atom. The molecule has 0 aliphatic heterocycles. The first-order valence-electron chi connectivity index (χ1n) is 8.17. The number of rotatable bonds is 8. The molecule has 144 valence electrons. The van der Waals surface area contributed by atoms with Gasteiger partial charge in [-0.15, -0.1) is 0 Å². The smallest absolute Gasteiger partial charge is 0.412 e. The summed E-state index contributed by atoms with van der Waals surface area (Å²) >= 11 is 0. The highest BCUT2D eigenvalue weighted by atomic mass is 16.6. The number of nitrogens with zero attached hydrogens (tertiary/aromatic N) is 1. The molecule has 1 unspecified atom stereocenters. The fourth-order valence-electron chi connectivity index (χ4n) is 2.09. The van der Waals surface area contributed by atoms with Gasteiger partial charge in [-0.3, -0.25) is 20.2 Å². The molecule has 0 aliphatic carbocycles. The van der Waals surface area contributed by atoms with Gasteiger partial charge in [-0.25, -0.2) is 4.79 Å². The number of carboxylic acid groups (broad SMARTS) is 1. The maximum atomic E-state index is 11.8. The average molecular weight is 368 g/mol. The molecule has 1 aromatic rings. The van der Waals surface area contributed by atoms with E-state index in [-0.39, 0.29) is 30.2 Å². The SMILES string of the molecule is CCC(CCOc1ccc(NC(=O)OC(C)(C)C)c([N+](=O)[O-])c1)C(=O)O. The Balaban J connectivity index is 2.81. The number of nitrogens with one attached hydrogen (secondary N) is 1. The molecule has 0 bridgehead atoms. The summed E-state index contributed by atoms with van der Waals surface area (Å²) in [6, 6.07) is 3.97. The van der Waals surface area contributed by atoms with Crippen molar-refractivity contribution in [2.45, 2.75) is 46.1 Å². The van der Waals surface area contributed by atoms with E-state index < -0.39 is 28.5 Å². The van der Waals surface area contributed by atoms with Crippen LogP contribution in [0.1, 0.15) is 40.5 Å². The lowest BCUT2D eigenvalue weighted by atomic mass is 10.0. The minimum Gasteiger partial charge on any atom is -0.493 e. The lowest BCUT2D eigenvalue weighted by Crippen LogP contribution is -2.27. The Kier molecular flexibility index (Phi) is 7.36. The Morgan fingerprint density at radius 2 is 2.00 bits per heavy atom. The van der Waals surface area contributed by atoms with Gasteiger partial charge in [0.1, 0.15) is 17.0 Å². The van der Waals surface area contributed by atoms with Crippen LogP contribution in [0.25, 0.3) is 0 Å². The fraction of sp³-hybridized carbons (Fsp3) is 0.529. The number of hydrogen-bond acceptors (Lipinski definition) is 6. The summed E-state index contributed by atoms with van der Waals surface area (Å²) in [6.45, 7) is 6.91. The van der Waals surface area contributed by atoms with Crippen LogP contribution in [0.2, 0.25) is 0 Å². The molecule has 0 radical (unpaired) electrons. The van der Waals surface area contributed by atoms with Crippen LogP contribution in [0.15, 0.2) is 18.2 Å². The molecule has 9 heteroatoms. The Hall–Kier alpha value is -2.84. The topological polar surface area (TPSA) is 128 Å². The van der Waals surface area contributed by atoms with Gasteiger partial charge in [0.2, 0.25) is 0 Å². The second-order valence-electron chi connectivity index (χ2n) is 6.64. The van der Waals surface area contributed by atoms with Gasteiger partial charge in [0.15, 0.2) is 0 Å². The van der Waals surface area contributed by atoms with Crippen LogP contribution in [0.5, 0.6) is 5.75 Å². The molecule has 0 saturated heterocycles. The van der Waals surface area contributed by atoms with E-state index in [2.05, 4.69) is 5.32 Å². The minimum absolute atomic E-state index is 0.0198. The number of nitro benzene ring substituents is 1. The van der Waals surface area contributed by atoms with Gasteiger partial charge in [-0.2, -0.15) is 0 Å². The molecule has 0 heterocycles. The van der Waals surface area contributed by atoms with E-state index in [0.717, 1.165) is 0 Å². The van der Waals surface area contributed by atoms with E-state index in [1.165, 1.54) is 18.2 Å². The standard InChI is InChI=1S/C17H24N2O7/c1-5-11(15(20)21)8-9-25-12-6-7-13(14(10-12)19(23)24)18-16(22)26-17(2,3)4/h6-7,10-11H,5,8-9H2,1-4H3,(H,18,22)(H,20,21). The van der Waals surface area contributed by atoms with Crippen LogP contribution < -0.4 is 10.1 Å². The summed E-state index contributed by atoms with van der Waals surface area (Å²) in [5, 5.41) is 22.6. The van der Waals surface area contributed by atoms with Crippen molar-refractivity contribution >= 4 is 23.4 Å². The number of nitro groups is 1. The predicted molar refractivity (Wildman–Crippen MR) is 94.5 cm³/mol. The number of benzene rings is 1. The summed E-state index contributed by atoms with van der Waals surface area (Å²) in [7, 11) is 0. The molecule has 26 heavy (non-hydrogen) atoms. The molecule has 9 nitrogen and oxygen atoms in total. The summed E-state index contributed by atoms with van der Waals surface area (Å²) in [4.78, 5) is 33.3. The number of anilines is 1. The number of carbonyl (C=O) groups is 2. The quantitative estimate of drug-likeness (QED) is 0.527. The molecule has 0 fully saturated rings. The molecular weight excluding hydrogens is 344 g/mol. The first-order chi connectivity index (χ1) is 12.0. The maximum absolute atomic E-state index is 11.8. The van der Waals surface area contributed by atoms with Crippen molar-refractivity contribution in [1.29, 1.82) is 0 Å². The zero-order chi connectivity index (χ0) is 19.9. The number of ether oxygens (including phenoxy) is 2. The third-order valence-electron chi connectivity index (χ3n) is 3.38. The van der Waals surface area contributed by atoms with Crippen molar-refractivity contribution in [1.82, 2.24) is 0 Å². The number of amides is 1. The normalized spacial score (nSPS) is 12.2. The number of aliphatic carboxylic acids is 1. The molecule has 0 spiro atoms. The number of carbonyl (C=O) groups excluding carboxylic acids is 1. The van der Waals surface area contributed by atoms with Gasteiger partial charge >= 0.3 is 12.1 Å². The molecule has 1 atom stereocenters. The van der Waals surface area contributed by atoms with Crippen molar-refractivity contribution < 1.29 is 29.1 Å². The molecule has 0 aromatic heterocycles. The molecule has 1 amide bonds. The first-order valence-corrected chi connectivity index (χ1v) is 8.17. The van der Waals surface area contributed by atoms with Crippen molar-refractivity contribution in [3.05, 3.63) is 28.3 Å². The predicted octanol–water partition coefficient (Wildman–Crippen LogP) is 3.82. The number of hydrogen-bond donors (Lipinski definition) is 2. The first kappa shape index (κ1) is 21.2. The molecule has 1 rings (SSSR count). The number of carboxylic acids is 1. The maximum Gasteiger partial charge on any atom is 0.412 e. The molecular formula is C17H24N2O7. The monoisotopic (exact) mass is 368 g/mol. The molecule has 1 aromatic carbocycles. The van der Waals surface area contributed by atoms with Gasteiger partial charge in [0.25, 0.3) is 5.69 Å². The van der Waals surface area contributed by atoms with Crippen LogP contribution in [0.4, 0.5) is 16.2 Å². The Bertz CT molecular complexity index is 668. The lowest BCUT2D eigenvalue weighted by molar-refractivity contribution is -0.384. The largest absolute Gasteiger partial charge is 0.493 e. The lowest BCUT2D eigenvalue weighted by Gasteiger charge is -2.19. The Morgan fingerprint density at radius 1 is 1.35 bits per heavy atom. The van der Waals surface area contributed by atoms with E-state index in [4.69, 9.17) is 14.6 Å². The summed E-state index contributed by atoms with van der Waals surface area (Å²) in [5.74, 6) is -1.22. The van der Waals surface area contributed by atoms with E-state index in [0.29, 0.717) is 6.42 Å². The Labute approximate surface area is 151 Å². The highest BCUT2D eigenvalue weighted by Crippen LogP contribution is 2.29. The van der Waals surface area contributed by atoms with Crippen LogP contribution >= 0.6 is 0 Å². The van der Waals surface area contributed by atoms with E-state index in [1.54, 1.807) is 27.7 Å². The third kappa shape index (κ3) is 6.96. The second-order valence-corrected chi connectivity index (χ2v) is 6.64. The van der Waals surface area contributed by atoms with Gasteiger partial charge in [-0.1, -0.05) is 6.92 Å². The summed E-state index contributed by atoms with van der Waals surface area (Å²) < 4.78 is 10.5. The van der Waals surface area contributed by atoms with E-state index in [1.807, 2.05) is 0 Å². The van der Waals surface area contributed by atoms with Crippen molar-refractivity contribution in [3.63, 3.8) is 0 Å². The summed E-state index contributed by atoms with van der Waals surface area (Å²) in [5.41, 5.74) is -1.10. The third-order valence-corrected chi connectivity index (χ3v) is 3.38. The summed E-state index contributed by atoms with van der Waals surface area (Å²) in [6.07, 6.45) is -0.0451. The van der Waals surface area contributed by atoms with Crippen molar-refractivity contribution in [3.8, 4) is 5.75 Å². The van der Waals surface area contributed by atoms with Crippen LogP contribution in [0, 0.1) is 16.0 Å². The van der Waals surface area contributed by atoms with Crippen molar-refractivity contribution in [2.75, 3.05) is 11.9 Å². The highest BCUT2D eigenvalue weighted by Gasteiger charge is 2.21. The van der Waals surface area contributed by atoms with Gasteiger partial charge in [-0.05, 0) is 45.7 Å². The average Bonchev–Trinajstić information content (AvgIpc) is 2.50. The van der Waals surface area contributed by atoms with Crippen LogP contribution in [-0.2, 0) is 9.53 Å². The highest BCUT2D eigenvalue weighted by molar-refractivity contribution is 5.88. The van der Waals surface area contributed by atoms with E-state index >= 15 is 0 Å². The molecule has 0 aliphatic rings. The van der Waals surface area contributed by atoms with Gasteiger partial charge in [0.05, 0.1) is 23.5 Å². The van der Waals surface area contributed by atoms with Crippen LogP contribution in [0.3, 0.4) is 0 Å². The minimum atomic E-state index is -0.904. The van der Waals surface area contributed by atoms with Gasteiger partial charge < -0.3 is 14.6 Å². The van der Waals surface area contributed by atoms with Crippen LogP contribution in [-0.4, -0.2) is 34.3 Å². The van der Waals surface area contributed by atoms with E-state index in [9.17, 15) is 19.7 Å². The fourth-order valence-corrected chi connectivity index (χ4v) is 2.09.